The van der Waals surface area contributed by atoms with Gasteiger partial charge in [-0.3, -0.25) is 10.1 Å². The number of aliphatic hydroxyl groups excluding tert-OH is 2. The number of rotatable bonds is 12. The summed E-state index contributed by atoms with van der Waals surface area (Å²) in [6, 6.07) is 32.9. The van der Waals surface area contributed by atoms with E-state index >= 15 is 0 Å². The van der Waals surface area contributed by atoms with E-state index in [0.29, 0.717) is 16.7 Å². The second-order valence-corrected chi connectivity index (χ2v) is 16.1. The van der Waals surface area contributed by atoms with Gasteiger partial charge in [0.2, 0.25) is 0 Å². The van der Waals surface area contributed by atoms with Gasteiger partial charge >= 0.3 is 0 Å². The zero-order valence-electron chi connectivity index (χ0n) is 25.3. The molecule has 8 heteroatoms. The molecule has 0 fully saturated rings. The fourth-order valence-electron chi connectivity index (χ4n) is 5.47. The molecule has 0 aliphatic carbocycles. The van der Waals surface area contributed by atoms with Crippen molar-refractivity contribution >= 4 is 24.4 Å². The minimum Gasteiger partial charge on any atom is -0.508 e. The molecule has 0 saturated carbocycles. The molecule has 0 aliphatic heterocycles. The van der Waals surface area contributed by atoms with Crippen LogP contribution in [-0.4, -0.2) is 35.2 Å². The highest BCUT2D eigenvalue weighted by Crippen LogP contribution is 2.37. The Balaban J connectivity index is 1.70. The summed E-state index contributed by atoms with van der Waals surface area (Å²) in [6.45, 7) is 6.75. The first-order valence-electron chi connectivity index (χ1n) is 14.6. The van der Waals surface area contributed by atoms with Crippen LogP contribution in [0, 0.1) is 10.1 Å². The number of nitro groups is 1. The Hall–Kier alpha value is -4.30. The van der Waals surface area contributed by atoms with Crippen LogP contribution in [0.5, 0.6) is 5.75 Å². The lowest BCUT2D eigenvalue weighted by atomic mass is 10.0. The van der Waals surface area contributed by atoms with Crippen molar-refractivity contribution in [1.29, 1.82) is 0 Å². The Bertz CT molecular complexity index is 1550. The lowest BCUT2D eigenvalue weighted by molar-refractivity contribution is -0.384. The van der Waals surface area contributed by atoms with Gasteiger partial charge in [0.25, 0.3) is 14.0 Å². The number of aliphatic hydroxyl groups is 2. The molecule has 0 radical (unpaired) electrons. The molecule has 0 aliphatic rings. The van der Waals surface area contributed by atoms with E-state index in [9.17, 15) is 25.4 Å². The van der Waals surface area contributed by atoms with Gasteiger partial charge < -0.3 is 19.7 Å². The predicted molar refractivity (Wildman–Crippen MR) is 176 cm³/mol. The molecule has 0 spiro atoms. The van der Waals surface area contributed by atoms with Crippen LogP contribution >= 0.6 is 0 Å². The summed E-state index contributed by atoms with van der Waals surface area (Å²) >= 11 is 0. The van der Waals surface area contributed by atoms with Gasteiger partial charge in [-0.25, -0.2) is 0 Å². The van der Waals surface area contributed by atoms with Crippen molar-refractivity contribution in [3.05, 3.63) is 148 Å². The summed E-state index contributed by atoms with van der Waals surface area (Å²) in [6.07, 6.45) is 0.328. The van der Waals surface area contributed by atoms with E-state index < -0.39 is 25.4 Å². The van der Waals surface area contributed by atoms with Crippen molar-refractivity contribution in [3.63, 3.8) is 0 Å². The Morgan fingerprint density at radius 2 is 1.45 bits per heavy atom. The molecule has 2 atom stereocenters. The molecular formula is C36H39NO6Si. The van der Waals surface area contributed by atoms with E-state index in [-0.39, 0.29) is 35.9 Å². The maximum absolute atomic E-state index is 11.2. The molecule has 7 nitrogen and oxygen atoms in total. The zero-order valence-corrected chi connectivity index (χ0v) is 26.3. The summed E-state index contributed by atoms with van der Waals surface area (Å²) < 4.78 is 7.10. The van der Waals surface area contributed by atoms with Crippen molar-refractivity contribution in [3.8, 4) is 5.75 Å². The number of hydrogen-bond donors (Lipinski definition) is 3. The Labute approximate surface area is 259 Å². The number of phenolic OH excluding ortho intramolecular Hbond substituents is 1. The van der Waals surface area contributed by atoms with Gasteiger partial charge in [0.1, 0.15) is 5.75 Å². The number of nitrogens with zero attached hydrogens (tertiary/aromatic N) is 1. The van der Waals surface area contributed by atoms with Crippen LogP contribution < -0.4 is 10.4 Å². The van der Waals surface area contributed by atoms with Crippen LogP contribution in [-0.2, 0) is 4.43 Å². The van der Waals surface area contributed by atoms with Crippen molar-refractivity contribution in [2.45, 2.75) is 50.9 Å². The highest BCUT2D eigenvalue weighted by Gasteiger charge is 2.50. The Morgan fingerprint density at radius 3 is 1.98 bits per heavy atom. The van der Waals surface area contributed by atoms with Crippen LogP contribution in [0.15, 0.2) is 127 Å². The van der Waals surface area contributed by atoms with E-state index in [2.05, 4.69) is 50.8 Å². The molecule has 228 valence electrons. The van der Waals surface area contributed by atoms with Crippen LogP contribution in [0.1, 0.15) is 56.9 Å². The van der Waals surface area contributed by atoms with Gasteiger partial charge in [0.05, 0.1) is 23.7 Å². The summed E-state index contributed by atoms with van der Waals surface area (Å²) in [7, 11) is -2.89. The van der Waals surface area contributed by atoms with Crippen molar-refractivity contribution in [2.75, 3.05) is 6.61 Å². The van der Waals surface area contributed by atoms with Gasteiger partial charge in [-0.2, -0.15) is 0 Å². The zero-order chi connectivity index (χ0) is 31.7. The number of phenols is 1. The topological polar surface area (TPSA) is 113 Å². The lowest BCUT2D eigenvalue weighted by Gasteiger charge is -2.43. The van der Waals surface area contributed by atoms with Crippen LogP contribution in [0.25, 0.3) is 0 Å². The second-order valence-electron chi connectivity index (χ2n) is 11.8. The number of non-ortho nitro benzene ring substituents is 1. The molecule has 0 unspecified atom stereocenters. The van der Waals surface area contributed by atoms with Gasteiger partial charge in [0.15, 0.2) is 0 Å². The largest absolute Gasteiger partial charge is 0.508 e. The first kappa shape index (κ1) is 32.6. The lowest BCUT2D eigenvalue weighted by Crippen LogP contribution is -2.66. The molecule has 4 aromatic carbocycles. The third-order valence-electron chi connectivity index (χ3n) is 7.71. The summed E-state index contributed by atoms with van der Waals surface area (Å²) in [5.41, 5.74) is 5.05. The monoisotopic (exact) mass is 609 g/mol. The van der Waals surface area contributed by atoms with Crippen molar-refractivity contribution < 1.29 is 24.7 Å². The fourth-order valence-corrected chi connectivity index (χ4v) is 10.0. The molecule has 0 saturated heterocycles. The fraction of sp³-hybridized carbons (Fsp3) is 0.250. The van der Waals surface area contributed by atoms with Gasteiger partial charge in [-0.15, -0.1) is 5.73 Å². The average Bonchev–Trinajstić information content (AvgIpc) is 3.01. The van der Waals surface area contributed by atoms with Crippen LogP contribution in [0.4, 0.5) is 5.69 Å². The van der Waals surface area contributed by atoms with E-state index in [1.54, 1.807) is 36.4 Å². The minimum atomic E-state index is -2.89. The first-order valence-corrected chi connectivity index (χ1v) is 16.5. The first-order chi connectivity index (χ1) is 21.0. The second kappa shape index (κ2) is 14.4. The smallest absolute Gasteiger partial charge is 0.269 e. The predicted octanol–water partition coefficient (Wildman–Crippen LogP) is 6.51. The molecule has 4 aromatic rings. The van der Waals surface area contributed by atoms with Crippen LogP contribution in [0.3, 0.4) is 0 Å². The molecular weight excluding hydrogens is 570 g/mol. The normalized spacial score (nSPS) is 13.0. The summed E-state index contributed by atoms with van der Waals surface area (Å²) in [5, 5.41) is 44.9. The number of benzene rings is 4. The number of nitro benzene ring substituents is 1. The van der Waals surface area contributed by atoms with Gasteiger partial charge in [-0.05, 0) is 62.5 Å². The van der Waals surface area contributed by atoms with Crippen molar-refractivity contribution in [1.82, 2.24) is 0 Å². The van der Waals surface area contributed by atoms with E-state index in [1.165, 1.54) is 18.2 Å². The summed E-state index contributed by atoms with van der Waals surface area (Å²) in [4.78, 5) is 10.7. The molecule has 3 N–H and O–H groups in total. The highest BCUT2D eigenvalue weighted by molar-refractivity contribution is 6.99. The Morgan fingerprint density at radius 1 is 0.864 bits per heavy atom. The minimum absolute atomic E-state index is 0.0486. The number of aromatic hydroxyl groups is 1. The molecule has 4 rings (SSSR count). The highest BCUT2D eigenvalue weighted by atomic mass is 28.4. The van der Waals surface area contributed by atoms with E-state index in [4.69, 9.17) is 4.43 Å². The SMILES string of the molecule is CC(C)(C)[Si](OCC(=C=CC[C@@H](O)c1cccc(O)c1)C[C@@H](O)c1ccc([N+](=O)[O-])cc1)(c1ccccc1)c1ccccc1. The third-order valence-corrected chi connectivity index (χ3v) is 12.7. The van der Waals surface area contributed by atoms with Crippen molar-refractivity contribution in [2.24, 2.45) is 0 Å². The third kappa shape index (κ3) is 7.80. The maximum atomic E-state index is 11.2. The van der Waals surface area contributed by atoms with Gasteiger partial charge in [-0.1, -0.05) is 93.6 Å². The quantitative estimate of drug-likeness (QED) is 0.0731. The maximum Gasteiger partial charge on any atom is 0.269 e. The summed E-state index contributed by atoms with van der Waals surface area (Å²) in [5.74, 6) is 0.0756. The molecule has 0 aromatic heterocycles. The van der Waals surface area contributed by atoms with Gasteiger partial charge in [0, 0.05) is 25.0 Å². The van der Waals surface area contributed by atoms with Crippen LogP contribution in [0.2, 0.25) is 5.04 Å². The molecule has 0 heterocycles. The van der Waals surface area contributed by atoms with E-state index in [0.717, 1.165) is 10.4 Å². The molecule has 0 bridgehead atoms. The number of hydrogen-bond acceptors (Lipinski definition) is 6. The molecule has 44 heavy (non-hydrogen) atoms. The average molecular weight is 610 g/mol. The Kier molecular flexibility index (Phi) is 10.7. The molecule has 0 amide bonds. The van der Waals surface area contributed by atoms with E-state index in [1.807, 2.05) is 36.4 Å². The standard InChI is InChI=1S/C36H39NO6Si/c1-36(2,3)44(32-15-6-4-7-16-32,33-17-8-5-9-18-33)43-26-27(12-10-19-34(39)29-13-11-14-31(38)25-29)24-35(40)28-20-22-30(23-21-28)37(41)42/h4-11,13-18,20-23,25,34-35,38-40H,19,24,26H2,1-3H3/t12?,34-,35-/m1/s1.